The van der Waals surface area contributed by atoms with Gasteiger partial charge in [0.2, 0.25) is 0 Å². The van der Waals surface area contributed by atoms with Crippen molar-refractivity contribution in [2.45, 2.75) is 51.6 Å². The topological polar surface area (TPSA) is 68.8 Å². The van der Waals surface area contributed by atoms with Crippen LogP contribution < -0.4 is 0 Å². The van der Waals surface area contributed by atoms with Gasteiger partial charge in [-0.2, -0.15) is 5.10 Å². The van der Waals surface area contributed by atoms with E-state index in [9.17, 15) is 4.79 Å². The number of aryl methyl sites for hydroxylation is 2. The largest absolute Gasteiger partial charge is 0.327 e. The van der Waals surface area contributed by atoms with Crippen molar-refractivity contribution in [1.29, 1.82) is 0 Å². The third kappa shape index (κ3) is 2.83. The second-order valence-corrected chi connectivity index (χ2v) is 7.09. The SMILES string of the molecule is Cc1cc(C(=O)N2CCCC[C@H]2c2nncn2CC2CC2)nn1C. The molecule has 1 atom stereocenters. The Morgan fingerprint density at radius 2 is 2.12 bits per heavy atom. The molecule has 7 nitrogen and oxygen atoms in total. The summed E-state index contributed by atoms with van der Waals surface area (Å²) in [5.41, 5.74) is 1.51. The Kier molecular flexibility index (Phi) is 3.86. The normalized spacial score (nSPS) is 21.2. The fourth-order valence-electron chi connectivity index (χ4n) is 3.50. The van der Waals surface area contributed by atoms with Crippen LogP contribution in [0.2, 0.25) is 0 Å². The Labute approximate surface area is 141 Å². The zero-order valence-electron chi connectivity index (χ0n) is 14.4. The molecule has 0 unspecified atom stereocenters. The van der Waals surface area contributed by atoms with E-state index in [0.717, 1.165) is 49.8 Å². The third-order valence-electron chi connectivity index (χ3n) is 5.19. The number of nitrogens with zero attached hydrogens (tertiary/aromatic N) is 6. The Morgan fingerprint density at radius 1 is 1.29 bits per heavy atom. The summed E-state index contributed by atoms with van der Waals surface area (Å²) < 4.78 is 3.90. The zero-order valence-corrected chi connectivity index (χ0v) is 14.4. The fraction of sp³-hybridized carbons (Fsp3) is 0.647. The average molecular weight is 328 g/mol. The summed E-state index contributed by atoms with van der Waals surface area (Å²) in [6.07, 6.45) is 7.49. The van der Waals surface area contributed by atoms with E-state index in [0.29, 0.717) is 5.69 Å². The van der Waals surface area contributed by atoms with Crippen LogP contribution in [0.4, 0.5) is 0 Å². The summed E-state index contributed by atoms with van der Waals surface area (Å²) in [5.74, 6) is 1.69. The number of aromatic nitrogens is 5. The van der Waals surface area contributed by atoms with Gasteiger partial charge < -0.3 is 9.47 Å². The van der Waals surface area contributed by atoms with Gasteiger partial charge >= 0.3 is 0 Å². The summed E-state index contributed by atoms with van der Waals surface area (Å²) in [7, 11) is 1.87. The first-order valence-corrected chi connectivity index (χ1v) is 8.83. The van der Waals surface area contributed by atoms with Gasteiger partial charge in [-0.25, -0.2) is 0 Å². The number of hydrogen-bond acceptors (Lipinski definition) is 4. The fourth-order valence-corrected chi connectivity index (χ4v) is 3.50. The maximum absolute atomic E-state index is 13.0. The highest BCUT2D eigenvalue weighted by atomic mass is 16.2. The Morgan fingerprint density at radius 3 is 2.83 bits per heavy atom. The van der Waals surface area contributed by atoms with Crippen LogP contribution in [0.5, 0.6) is 0 Å². The van der Waals surface area contributed by atoms with E-state index < -0.39 is 0 Å². The molecule has 3 heterocycles. The van der Waals surface area contributed by atoms with Crippen LogP contribution in [0.15, 0.2) is 12.4 Å². The van der Waals surface area contributed by atoms with Crippen LogP contribution >= 0.6 is 0 Å². The van der Waals surface area contributed by atoms with Crippen molar-refractivity contribution >= 4 is 5.91 Å². The number of piperidine rings is 1. The monoisotopic (exact) mass is 328 g/mol. The maximum Gasteiger partial charge on any atom is 0.274 e. The van der Waals surface area contributed by atoms with E-state index >= 15 is 0 Å². The van der Waals surface area contributed by atoms with Crippen molar-refractivity contribution in [3.8, 4) is 0 Å². The van der Waals surface area contributed by atoms with Crippen molar-refractivity contribution in [2.24, 2.45) is 13.0 Å². The van der Waals surface area contributed by atoms with Crippen LogP contribution in [-0.4, -0.2) is 41.9 Å². The molecular weight excluding hydrogens is 304 g/mol. The Balaban J connectivity index is 1.61. The highest BCUT2D eigenvalue weighted by Crippen LogP contribution is 2.34. The minimum atomic E-state index is 0.00405. The Bertz CT molecular complexity index is 725. The first-order chi connectivity index (χ1) is 11.6. The molecule has 1 aliphatic carbocycles. The molecule has 1 saturated heterocycles. The van der Waals surface area contributed by atoms with Crippen molar-refractivity contribution < 1.29 is 4.79 Å². The van der Waals surface area contributed by atoms with Gasteiger partial charge in [-0.1, -0.05) is 0 Å². The molecule has 128 valence electrons. The predicted molar refractivity (Wildman–Crippen MR) is 88.3 cm³/mol. The molecule has 2 fully saturated rings. The van der Waals surface area contributed by atoms with Crippen molar-refractivity contribution in [3.63, 3.8) is 0 Å². The molecule has 0 aromatic carbocycles. The summed E-state index contributed by atoms with van der Waals surface area (Å²) in [4.78, 5) is 15.0. The maximum atomic E-state index is 13.0. The molecule has 7 heteroatoms. The van der Waals surface area contributed by atoms with E-state index in [2.05, 4.69) is 19.9 Å². The molecule has 2 aromatic heterocycles. The van der Waals surface area contributed by atoms with E-state index in [1.807, 2.05) is 31.3 Å². The van der Waals surface area contributed by atoms with Gasteiger partial charge in [0.1, 0.15) is 6.33 Å². The van der Waals surface area contributed by atoms with Gasteiger partial charge in [0, 0.05) is 25.8 Å². The van der Waals surface area contributed by atoms with Crippen molar-refractivity contribution in [3.05, 3.63) is 29.6 Å². The molecule has 2 aliphatic rings. The lowest BCUT2D eigenvalue weighted by atomic mass is 10.0. The second kappa shape index (κ2) is 6.03. The van der Waals surface area contributed by atoms with Crippen LogP contribution in [0.25, 0.3) is 0 Å². The van der Waals surface area contributed by atoms with Crippen LogP contribution in [-0.2, 0) is 13.6 Å². The standard InChI is InChI=1S/C17H24N6O/c1-12-9-14(20-21(12)2)17(24)23-8-4-3-5-15(23)16-19-18-11-22(16)10-13-6-7-13/h9,11,13,15H,3-8,10H2,1-2H3/t15-/m0/s1. The molecule has 0 radical (unpaired) electrons. The zero-order chi connectivity index (χ0) is 16.7. The quantitative estimate of drug-likeness (QED) is 0.862. The number of rotatable bonds is 4. The number of likely N-dealkylation sites (tertiary alicyclic amines) is 1. The summed E-state index contributed by atoms with van der Waals surface area (Å²) >= 11 is 0. The molecule has 0 N–H and O–H groups in total. The molecule has 4 rings (SSSR count). The minimum absolute atomic E-state index is 0.00405. The van der Waals surface area contributed by atoms with Gasteiger partial charge in [0.25, 0.3) is 5.91 Å². The number of carbonyl (C=O) groups is 1. The second-order valence-electron chi connectivity index (χ2n) is 7.09. The lowest BCUT2D eigenvalue weighted by Crippen LogP contribution is -2.40. The van der Waals surface area contributed by atoms with E-state index in [4.69, 9.17) is 0 Å². The van der Waals surface area contributed by atoms with E-state index in [1.165, 1.54) is 12.8 Å². The number of carbonyl (C=O) groups excluding carboxylic acids is 1. The molecule has 1 amide bonds. The van der Waals surface area contributed by atoms with Crippen LogP contribution in [0.1, 0.15) is 60.2 Å². The van der Waals surface area contributed by atoms with Gasteiger partial charge in [-0.3, -0.25) is 9.48 Å². The first-order valence-electron chi connectivity index (χ1n) is 8.83. The van der Waals surface area contributed by atoms with Crippen molar-refractivity contribution in [2.75, 3.05) is 6.54 Å². The third-order valence-corrected chi connectivity index (χ3v) is 5.19. The number of amides is 1. The number of hydrogen-bond donors (Lipinski definition) is 0. The van der Waals surface area contributed by atoms with Gasteiger partial charge in [-0.15, -0.1) is 10.2 Å². The predicted octanol–water partition coefficient (Wildman–Crippen LogP) is 2.10. The Hall–Kier alpha value is -2.18. The average Bonchev–Trinajstić information content (AvgIpc) is 3.17. The van der Waals surface area contributed by atoms with Gasteiger partial charge in [-0.05, 0) is 51.0 Å². The first kappa shape index (κ1) is 15.4. The van der Waals surface area contributed by atoms with E-state index in [1.54, 1.807) is 4.68 Å². The van der Waals surface area contributed by atoms with Gasteiger partial charge in [0.05, 0.1) is 6.04 Å². The highest BCUT2D eigenvalue weighted by molar-refractivity contribution is 5.92. The smallest absolute Gasteiger partial charge is 0.274 e. The van der Waals surface area contributed by atoms with Gasteiger partial charge in [0.15, 0.2) is 11.5 Å². The molecule has 2 aromatic rings. The lowest BCUT2D eigenvalue weighted by molar-refractivity contribution is 0.0587. The molecule has 24 heavy (non-hydrogen) atoms. The molecule has 0 bridgehead atoms. The summed E-state index contributed by atoms with van der Waals surface area (Å²) in [5, 5.41) is 12.8. The summed E-state index contributed by atoms with van der Waals surface area (Å²) in [6, 6.07) is 1.87. The van der Waals surface area contributed by atoms with Crippen LogP contribution in [0.3, 0.4) is 0 Å². The van der Waals surface area contributed by atoms with Crippen molar-refractivity contribution in [1.82, 2.24) is 29.4 Å². The lowest BCUT2D eigenvalue weighted by Gasteiger charge is -2.34. The molecule has 1 aliphatic heterocycles. The highest BCUT2D eigenvalue weighted by Gasteiger charge is 2.34. The molecule has 1 saturated carbocycles. The minimum Gasteiger partial charge on any atom is -0.327 e. The summed E-state index contributed by atoms with van der Waals surface area (Å²) in [6.45, 7) is 3.70. The molecule has 0 spiro atoms. The molecular formula is C17H24N6O. The van der Waals surface area contributed by atoms with Crippen LogP contribution in [0, 0.1) is 12.8 Å². The van der Waals surface area contributed by atoms with E-state index in [-0.39, 0.29) is 11.9 Å².